The van der Waals surface area contributed by atoms with Crippen molar-refractivity contribution in [2.24, 2.45) is 5.73 Å². The van der Waals surface area contributed by atoms with Crippen molar-refractivity contribution in [1.82, 2.24) is 4.72 Å². The lowest BCUT2D eigenvalue weighted by Crippen LogP contribution is -2.28. The van der Waals surface area contributed by atoms with E-state index < -0.39 is 15.5 Å². The van der Waals surface area contributed by atoms with E-state index in [1.165, 1.54) is 11.3 Å². The Labute approximate surface area is 117 Å². The van der Waals surface area contributed by atoms with Gasteiger partial charge in [-0.2, -0.15) is 13.2 Å². The van der Waals surface area contributed by atoms with Crippen molar-refractivity contribution < 1.29 is 21.6 Å². The van der Waals surface area contributed by atoms with Gasteiger partial charge in [0.05, 0.1) is 0 Å². The summed E-state index contributed by atoms with van der Waals surface area (Å²) in [5.74, 6) is -0.371. The fraction of sp³-hybridized carbons (Fsp3) is 0.556. The first-order chi connectivity index (χ1) is 8.67. The number of alkyl halides is 3. The minimum atomic E-state index is -4.36. The molecule has 0 fully saturated rings. The molecule has 19 heavy (non-hydrogen) atoms. The van der Waals surface area contributed by atoms with Crippen LogP contribution in [0.25, 0.3) is 0 Å². The van der Waals surface area contributed by atoms with E-state index in [-0.39, 0.29) is 35.5 Å². The Morgan fingerprint density at radius 2 is 2.11 bits per heavy atom. The molecular weight excluding hydrogens is 321 g/mol. The van der Waals surface area contributed by atoms with E-state index in [4.69, 9.17) is 5.73 Å². The monoisotopic (exact) mass is 334 g/mol. The Bertz CT molecular complexity index is 525. The van der Waals surface area contributed by atoms with Crippen molar-refractivity contribution in [3.05, 3.63) is 15.8 Å². The number of hydrogen-bond donors (Lipinski definition) is 2. The second-order valence-corrected chi connectivity index (χ2v) is 7.39. The number of thiophene rings is 1. The van der Waals surface area contributed by atoms with Crippen LogP contribution in [0.2, 0.25) is 0 Å². The van der Waals surface area contributed by atoms with Crippen LogP contribution in [0.1, 0.15) is 10.4 Å². The number of nitrogens with two attached hydrogens (primary N) is 1. The normalized spacial score (nSPS) is 12.9. The second kappa shape index (κ2) is 6.44. The largest absolute Gasteiger partial charge is 0.441 e. The molecule has 1 rings (SSSR count). The van der Waals surface area contributed by atoms with E-state index in [1.807, 2.05) is 0 Å². The Hall–Kier alpha value is -0.290. The van der Waals surface area contributed by atoms with Gasteiger partial charge in [-0.3, -0.25) is 0 Å². The lowest BCUT2D eigenvalue weighted by Gasteiger charge is -2.09. The Morgan fingerprint density at radius 3 is 2.63 bits per heavy atom. The molecule has 0 aliphatic heterocycles. The lowest BCUT2D eigenvalue weighted by atomic mass is 10.3. The first-order valence-electron chi connectivity index (χ1n) is 5.15. The number of halogens is 3. The van der Waals surface area contributed by atoms with E-state index in [0.717, 1.165) is 0 Å². The molecule has 10 heteroatoms. The molecule has 0 spiro atoms. The van der Waals surface area contributed by atoms with Crippen LogP contribution in [0.3, 0.4) is 0 Å². The first kappa shape index (κ1) is 16.8. The second-order valence-electron chi connectivity index (χ2n) is 3.57. The van der Waals surface area contributed by atoms with E-state index in [9.17, 15) is 21.6 Å². The molecule has 0 saturated carbocycles. The predicted octanol–water partition coefficient (Wildman–Crippen LogP) is 2.05. The highest BCUT2D eigenvalue weighted by Gasteiger charge is 2.28. The van der Waals surface area contributed by atoms with E-state index in [2.05, 4.69) is 4.72 Å². The molecule has 110 valence electrons. The van der Waals surface area contributed by atoms with Gasteiger partial charge in [0.2, 0.25) is 10.0 Å². The molecule has 3 N–H and O–H groups in total. The van der Waals surface area contributed by atoms with Gasteiger partial charge in [-0.1, -0.05) is 0 Å². The summed E-state index contributed by atoms with van der Waals surface area (Å²) < 4.78 is 61.8. The summed E-state index contributed by atoms with van der Waals surface area (Å²) in [5, 5.41) is 1.65. The Balaban J connectivity index is 2.69. The number of hydrogen-bond acceptors (Lipinski definition) is 5. The molecule has 0 aliphatic rings. The topological polar surface area (TPSA) is 72.2 Å². The fourth-order valence-electron chi connectivity index (χ4n) is 1.40. The minimum absolute atomic E-state index is 0.0754. The number of aryl methyl sites for hydroxylation is 1. The molecule has 0 aliphatic carbocycles. The van der Waals surface area contributed by atoms with Gasteiger partial charge in [0, 0.05) is 23.7 Å². The molecule has 0 amide bonds. The maximum Gasteiger partial charge on any atom is 0.441 e. The fourth-order valence-corrected chi connectivity index (χ4v) is 4.70. The SMILES string of the molecule is Cc1csc(CN)c1S(=O)(=O)NCCSC(F)(F)F. The third kappa shape index (κ3) is 4.95. The molecule has 0 saturated heterocycles. The average molecular weight is 334 g/mol. The van der Waals surface area contributed by atoms with E-state index >= 15 is 0 Å². The van der Waals surface area contributed by atoms with Gasteiger partial charge in [-0.15, -0.1) is 11.3 Å². The van der Waals surface area contributed by atoms with Crippen LogP contribution in [-0.2, 0) is 16.6 Å². The molecule has 0 bridgehead atoms. The Kier molecular flexibility index (Phi) is 5.68. The van der Waals surface area contributed by atoms with Gasteiger partial charge < -0.3 is 5.73 Å². The van der Waals surface area contributed by atoms with Crippen LogP contribution in [0.15, 0.2) is 10.3 Å². The standard InChI is InChI=1S/C9H13F3N2O2S3/c1-6-5-17-7(4-13)8(6)19(15,16)14-2-3-18-9(10,11)12/h5,14H,2-4,13H2,1H3. The van der Waals surface area contributed by atoms with Crippen LogP contribution >= 0.6 is 23.1 Å². The molecule has 1 aromatic heterocycles. The minimum Gasteiger partial charge on any atom is -0.326 e. The quantitative estimate of drug-likeness (QED) is 0.781. The van der Waals surface area contributed by atoms with Gasteiger partial charge in [-0.25, -0.2) is 13.1 Å². The van der Waals surface area contributed by atoms with E-state index in [0.29, 0.717) is 10.4 Å². The van der Waals surface area contributed by atoms with Gasteiger partial charge >= 0.3 is 5.51 Å². The number of rotatable bonds is 6. The summed E-state index contributed by atoms with van der Waals surface area (Å²) in [7, 11) is -3.81. The summed E-state index contributed by atoms with van der Waals surface area (Å²) in [4.78, 5) is 0.575. The highest BCUT2D eigenvalue weighted by Crippen LogP contribution is 2.30. The van der Waals surface area contributed by atoms with Crippen molar-refractivity contribution in [1.29, 1.82) is 0 Å². The molecule has 0 radical (unpaired) electrons. The zero-order chi connectivity index (χ0) is 14.7. The maximum absolute atomic E-state index is 12.0. The zero-order valence-corrected chi connectivity index (χ0v) is 12.4. The smallest absolute Gasteiger partial charge is 0.326 e. The third-order valence-corrected chi connectivity index (χ3v) is 5.78. The van der Waals surface area contributed by atoms with Gasteiger partial charge in [0.25, 0.3) is 0 Å². The summed E-state index contributed by atoms with van der Waals surface area (Å²) >= 11 is 0.954. The summed E-state index contributed by atoms with van der Waals surface area (Å²) in [6.45, 7) is 1.41. The zero-order valence-electron chi connectivity index (χ0n) is 9.95. The highest BCUT2D eigenvalue weighted by atomic mass is 32.2. The third-order valence-electron chi connectivity index (χ3n) is 2.10. The van der Waals surface area contributed by atoms with Crippen molar-refractivity contribution >= 4 is 33.1 Å². The predicted molar refractivity (Wildman–Crippen MR) is 70.6 cm³/mol. The highest BCUT2D eigenvalue weighted by molar-refractivity contribution is 8.00. The number of nitrogens with one attached hydrogen (secondary N) is 1. The van der Waals surface area contributed by atoms with E-state index in [1.54, 1.807) is 12.3 Å². The average Bonchev–Trinajstić information content (AvgIpc) is 2.65. The van der Waals surface area contributed by atoms with Crippen LogP contribution in [0, 0.1) is 6.92 Å². The Morgan fingerprint density at radius 1 is 1.47 bits per heavy atom. The summed E-state index contributed by atoms with van der Waals surface area (Å²) in [6.07, 6.45) is 0. The molecule has 1 aromatic rings. The van der Waals surface area contributed by atoms with Crippen molar-refractivity contribution in [3.8, 4) is 0 Å². The lowest BCUT2D eigenvalue weighted by molar-refractivity contribution is -0.0327. The van der Waals surface area contributed by atoms with Gasteiger partial charge in [-0.05, 0) is 29.6 Å². The molecule has 1 heterocycles. The van der Waals surface area contributed by atoms with Gasteiger partial charge in [0.1, 0.15) is 4.90 Å². The number of thioether (sulfide) groups is 1. The maximum atomic E-state index is 12.0. The summed E-state index contributed by atoms with van der Waals surface area (Å²) in [5.41, 5.74) is 1.63. The van der Waals surface area contributed by atoms with Crippen LogP contribution in [0.5, 0.6) is 0 Å². The van der Waals surface area contributed by atoms with Crippen molar-refractivity contribution in [3.63, 3.8) is 0 Å². The summed E-state index contributed by atoms with van der Waals surface area (Å²) in [6, 6.07) is 0. The molecule has 0 unspecified atom stereocenters. The molecule has 4 nitrogen and oxygen atoms in total. The first-order valence-corrected chi connectivity index (χ1v) is 8.49. The molecule has 0 atom stereocenters. The number of sulfonamides is 1. The van der Waals surface area contributed by atoms with Gasteiger partial charge in [0.15, 0.2) is 0 Å². The van der Waals surface area contributed by atoms with Crippen LogP contribution in [0.4, 0.5) is 13.2 Å². The van der Waals surface area contributed by atoms with Crippen molar-refractivity contribution in [2.45, 2.75) is 23.9 Å². The molecule has 0 aromatic carbocycles. The molecular formula is C9H13F3N2O2S3. The van der Waals surface area contributed by atoms with Crippen LogP contribution in [-0.4, -0.2) is 26.2 Å². The van der Waals surface area contributed by atoms with Crippen molar-refractivity contribution in [2.75, 3.05) is 12.3 Å². The van der Waals surface area contributed by atoms with Crippen LogP contribution < -0.4 is 10.5 Å².